The molecule has 2 aromatic carbocycles. The van der Waals surface area contributed by atoms with E-state index in [4.69, 9.17) is 4.74 Å². The van der Waals surface area contributed by atoms with Crippen LogP contribution in [0.4, 0.5) is 4.39 Å². The van der Waals surface area contributed by atoms with Gasteiger partial charge in [0.1, 0.15) is 23.4 Å². The van der Waals surface area contributed by atoms with Crippen molar-refractivity contribution < 1.29 is 38.5 Å². The number of esters is 1. The summed E-state index contributed by atoms with van der Waals surface area (Å²) in [6.45, 7) is 3.59. The molecule has 0 fully saturated rings. The smallest absolute Gasteiger partial charge is 0.331 e. The number of phenolic OH excluding ortho intramolecular Hbond substituents is 2. The molecule has 0 heterocycles. The maximum Gasteiger partial charge on any atom is 0.331 e. The largest absolute Gasteiger partial charge is 0.507 e. The minimum Gasteiger partial charge on any atom is -0.507 e. The van der Waals surface area contributed by atoms with Gasteiger partial charge in [-0.1, -0.05) is 11.6 Å². The third-order valence-electron chi connectivity index (χ3n) is 5.03. The van der Waals surface area contributed by atoms with E-state index < -0.39 is 46.7 Å². The fraction of sp³-hybridized carbons (Fsp3) is 0.154. The molecule has 34 heavy (non-hydrogen) atoms. The van der Waals surface area contributed by atoms with Gasteiger partial charge in [-0.3, -0.25) is 14.4 Å². The molecule has 1 aliphatic carbocycles. The van der Waals surface area contributed by atoms with Gasteiger partial charge < -0.3 is 14.9 Å². The summed E-state index contributed by atoms with van der Waals surface area (Å²) in [6.07, 6.45) is 3.34. The molecule has 0 amide bonds. The van der Waals surface area contributed by atoms with Gasteiger partial charge in [-0.2, -0.15) is 0 Å². The number of phenols is 2. The summed E-state index contributed by atoms with van der Waals surface area (Å²) in [4.78, 5) is 50.3. The van der Waals surface area contributed by atoms with E-state index in [0.717, 1.165) is 48.1 Å². The highest BCUT2D eigenvalue weighted by Crippen LogP contribution is 2.36. The zero-order valence-electron chi connectivity index (χ0n) is 18.4. The lowest BCUT2D eigenvalue weighted by Gasteiger charge is -2.23. The number of rotatable bonds is 7. The molecule has 2 aromatic rings. The van der Waals surface area contributed by atoms with Crippen LogP contribution in [0, 0.1) is 5.82 Å². The molecule has 1 atom stereocenters. The number of allylic oxidation sites excluding steroid dienone is 3. The first-order chi connectivity index (χ1) is 16.1. The van der Waals surface area contributed by atoms with Gasteiger partial charge in [0.15, 0.2) is 17.3 Å². The Morgan fingerprint density at radius 3 is 2.21 bits per heavy atom. The molecule has 2 N–H and O–H groups in total. The van der Waals surface area contributed by atoms with Crippen LogP contribution in [0.25, 0.3) is 0 Å². The van der Waals surface area contributed by atoms with Crippen molar-refractivity contribution >= 4 is 23.3 Å². The van der Waals surface area contributed by atoms with Gasteiger partial charge in [0, 0.05) is 23.6 Å². The van der Waals surface area contributed by atoms with Crippen LogP contribution in [0.3, 0.4) is 0 Å². The third kappa shape index (κ3) is 5.35. The van der Waals surface area contributed by atoms with Crippen LogP contribution in [0.5, 0.6) is 11.5 Å². The summed E-state index contributed by atoms with van der Waals surface area (Å²) >= 11 is 0. The van der Waals surface area contributed by atoms with Gasteiger partial charge in [-0.05, 0) is 62.4 Å². The van der Waals surface area contributed by atoms with E-state index in [9.17, 15) is 33.8 Å². The van der Waals surface area contributed by atoms with E-state index in [-0.39, 0.29) is 28.7 Å². The summed E-state index contributed by atoms with van der Waals surface area (Å²) in [6, 6.07) is 6.93. The van der Waals surface area contributed by atoms with Crippen LogP contribution in [0.1, 0.15) is 51.3 Å². The zero-order valence-corrected chi connectivity index (χ0v) is 18.4. The standard InChI is InChI=1S/C26H21FO7/c1-14(2)3-11-22(34-23(32)12-10-18(28)15-4-6-16(27)7-5-15)17-13-21(31)24-19(29)8-9-20(30)25(24)26(17)33/h3-10,12-13,22,29-30H,11H2,1-2H3/b12-10-/t22-/m1/s1. The number of ether oxygens (including phenoxy) is 1. The lowest BCUT2D eigenvalue weighted by Crippen LogP contribution is -2.28. The van der Waals surface area contributed by atoms with Gasteiger partial charge >= 0.3 is 5.97 Å². The Morgan fingerprint density at radius 1 is 0.971 bits per heavy atom. The Balaban J connectivity index is 1.87. The number of benzene rings is 2. The molecule has 0 spiro atoms. The summed E-state index contributed by atoms with van der Waals surface area (Å²) in [5.74, 6) is -4.46. The van der Waals surface area contributed by atoms with Crippen LogP contribution in [0.2, 0.25) is 0 Å². The number of hydrogen-bond acceptors (Lipinski definition) is 7. The predicted molar refractivity (Wildman–Crippen MR) is 120 cm³/mol. The molecular formula is C26H21FO7. The minimum atomic E-state index is -1.20. The molecule has 3 rings (SSSR count). The van der Waals surface area contributed by atoms with Crippen molar-refractivity contribution in [1.29, 1.82) is 0 Å². The molecule has 0 unspecified atom stereocenters. The van der Waals surface area contributed by atoms with Crippen molar-refractivity contribution in [3.05, 3.63) is 94.4 Å². The lowest BCUT2D eigenvalue weighted by atomic mass is 9.85. The molecule has 0 saturated heterocycles. The summed E-state index contributed by atoms with van der Waals surface area (Å²) < 4.78 is 18.4. The molecule has 0 radical (unpaired) electrons. The normalized spacial score (nSPS) is 13.8. The first-order valence-electron chi connectivity index (χ1n) is 10.3. The highest BCUT2D eigenvalue weighted by molar-refractivity contribution is 6.27. The Morgan fingerprint density at radius 2 is 1.59 bits per heavy atom. The second kappa shape index (κ2) is 10.1. The van der Waals surface area contributed by atoms with Gasteiger partial charge in [-0.15, -0.1) is 0 Å². The van der Waals surface area contributed by atoms with E-state index in [0.29, 0.717) is 0 Å². The van der Waals surface area contributed by atoms with Crippen LogP contribution in [-0.2, 0) is 9.53 Å². The maximum atomic E-state index is 13.1. The number of carbonyl (C=O) groups excluding carboxylic acids is 4. The van der Waals surface area contributed by atoms with Crippen LogP contribution < -0.4 is 0 Å². The van der Waals surface area contributed by atoms with Crippen molar-refractivity contribution in [3.63, 3.8) is 0 Å². The second-order valence-corrected chi connectivity index (χ2v) is 7.79. The molecular weight excluding hydrogens is 443 g/mol. The lowest BCUT2D eigenvalue weighted by molar-refractivity contribution is -0.141. The Kier molecular flexibility index (Phi) is 7.21. The fourth-order valence-corrected chi connectivity index (χ4v) is 3.34. The fourth-order valence-electron chi connectivity index (χ4n) is 3.34. The van der Waals surface area contributed by atoms with E-state index >= 15 is 0 Å². The number of ketones is 3. The van der Waals surface area contributed by atoms with E-state index in [2.05, 4.69) is 0 Å². The number of halogens is 1. The summed E-state index contributed by atoms with van der Waals surface area (Å²) in [7, 11) is 0. The third-order valence-corrected chi connectivity index (χ3v) is 5.03. The van der Waals surface area contributed by atoms with Gasteiger partial charge in [0.05, 0.1) is 11.1 Å². The van der Waals surface area contributed by atoms with Crippen molar-refractivity contribution in [1.82, 2.24) is 0 Å². The van der Waals surface area contributed by atoms with Gasteiger partial charge in [0.25, 0.3) is 0 Å². The predicted octanol–water partition coefficient (Wildman–Crippen LogP) is 4.25. The van der Waals surface area contributed by atoms with Crippen LogP contribution in [0.15, 0.2) is 71.8 Å². The molecule has 0 aromatic heterocycles. The highest BCUT2D eigenvalue weighted by Gasteiger charge is 2.35. The van der Waals surface area contributed by atoms with Crippen LogP contribution in [-0.4, -0.2) is 39.6 Å². The van der Waals surface area contributed by atoms with E-state index in [1.807, 2.05) is 0 Å². The summed E-state index contributed by atoms with van der Waals surface area (Å²) in [5.41, 5.74) is 0.143. The van der Waals surface area contributed by atoms with Gasteiger partial charge in [-0.25, -0.2) is 9.18 Å². The molecule has 0 aliphatic heterocycles. The number of fused-ring (bicyclic) bond motifs is 1. The molecule has 174 valence electrons. The Labute approximate surface area is 194 Å². The Hall–Kier alpha value is -4.33. The van der Waals surface area contributed by atoms with Crippen molar-refractivity contribution in [3.8, 4) is 11.5 Å². The molecule has 7 nitrogen and oxygen atoms in total. The SMILES string of the molecule is CC(C)=CC[C@@H](OC(=O)/C=C\C(=O)c1ccc(F)cc1)C1=CC(=O)c2c(O)ccc(O)c2C1=O. The molecule has 8 heteroatoms. The summed E-state index contributed by atoms with van der Waals surface area (Å²) in [5, 5.41) is 20.1. The Bertz CT molecular complexity index is 1260. The van der Waals surface area contributed by atoms with Crippen molar-refractivity contribution in [2.75, 3.05) is 0 Å². The average molecular weight is 464 g/mol. The van der Waals surface area contributed by atoms with Crippen molar-refractivity contribution in [2.24, 2.45) is 0 Å². The van der Waals surface area contributed by atoms with Crippen LogP contribution >= 0.6 is 0 Å². The first kappa shape index (κ1) is 24.3. The number of aromatic hydroxyl groups is 2. The maximum absolute atomic E-state index is 13.1. The van der Waals surface area contributed by atoms with E-state index in [1.165, 1.54) is 12.1 Å². The average Bonchev–Trinajstić information content (AvgIpc) is 2.79. The topological polar surface area (TPSA) is 118 Å². The number of Topliss-reactive ketones (excluding diaryl/α,β-unsaturated/α-hetero) is 1. The molecule has 0 bridgehead atoms. The number of carbonyl (C=O) groups is 4. The molecule has 1 aliphatic rings. The van der Waals surface area contributed by atoms with E-state index in [1.54, 1.807) is 19.9 Å². The number of hydrogen-bond donors (Lipinski definition) is 2. The highest BCUT2D eigenvalue weighted by atomic mass is 19.1. The quantitative estimate of drug-likeness (QED) is 0.207. The molecule has 0 saturated carbocycles. The monoisotopic (exact) mass is 464 g/mol. The van der Waals surface area contributed by atoms with Gasteiger partial charge in [0.2, 0.25) is 0 Å². The minimum absolute atomic E-state index is 0.0492. The zero-order chi connectivity index (χ0) is 25.0. The first-order valence-corrected chi connectivity index (χ1v) is 10.3. The second-order valence-electron chi connectivity index (χ2n) is 7.79. The van der Waals surface area contributed by atoms with Crippen molar-refractivity contribution in [2.45, 2.75) is 26.4 Å².